The van der Waals surface area contributed by atoms with Gasteiger partial charge in [-0.15, -0.1) is 0 Å². The van der Waals surface area contributed by atoms with E-state index >= 15 is 0 Å². The van der Waals surface area contributed by atoms with Crippen molar-refractivity contribution in [2.75, 3.05) is 13.1 Å². The monoisotopic (exact) mass is 433 g/mol. The van der Waals surface area contributed by atoms with Crippen LogP contribution in [0.4, 0.5) is 0 Å². The average Bonchev–Trinajstić information content (AvgIpc) is 3.05. The molecular weight excluding hydrogens is 410 g/mol. The SMILES string of the molecule is O=C1CCC2(CC1)c1cc(C3CCNCC3)ccc1-n1c2nc(=O)c2c(Cl)cccc21. The Morgan fingerprint density at radius 2 is 1.84 bits per heavy atom. The van der Waals surface area contributed by atoms with E-state index in [9.17, 15) is 9.59 Å². The van der Waals surface area contributed by atoms with E-state index in [4.69, 9.17) is 11.6 Å². The van der Waals surface area contributed by atoms with Gasteiger partial charge in [-0.1, -0.05) is 29.8 Å². The number of rotatable bonds is 1. The first kappa shape index (κ1) is 19.2. The molecule has 1 spiro atoms. The Morgan fingerprint density at radius 3 is 2.61 bits per heavy atom. The first-order valence-corrected chi connectivity index (χ1v) is 11.6. The highest BCUT2D eigenvalue weighted by atomic mass is 35.5. The molecule has 1 N–H and O–H groups in total. The zero-order valence-electron chi connectivity index (χ0n) is 17.3. The summed E-state index contributed by atoms with van der Waals surface area (Å²) in [4.78, 5) is 29.8. The second-order valence-corrected chi connectivity index (χ2v) is 9.54. The Labute approximate surface area is 185 Å². The molecular formula is C25H24ClN3O2. The lowest BCUT2D eigenvalue weighted by atomic mass is 9.69. The minimum absolute atomic E-state index is 0.283. The molecule has 31 heavy (non-hydrogen) atoms. The van der Waals surface area contributed by atoms with Gasteiger partial charge in [0, 0.05) is 12.8 Å². The number of hydrogen-bond donors (Lipinski definition) is 1. The van der Waals surface area contributed by atoms with Gasteiger partial charge in [0.15, 0.2) is 0 Å². The number of nitrogens with one attached hydrogen (secondary N) is 1. The molecule has 2 aliphatic heterocycles. The topological polar surface area (TPSA) is 64.0 Å². The summed E-state index contributed by atoms with van der Waals surface area (Å²) in [6.07, 6.45) is 4.72. The molecule has 0 radical (unpaired) electrons. The maximum Gasteiger partial charge on any atom is 0.282 e. The first-order chi connectivity index (χ1) is 15.1. The van der Waals surface area contributed by atoms with Crippen LogP contribution in [0.15, 0.2) is 41.2 Å². The van der Waals surface area contributed by atoms with Gasteiger partial charge in [0.1, 0.15) is 11.6 Å². The molecule has 3 aliphatic rings. The zero-order chi connectivity index (χ0) is 21.2. The van der Waals surface area contributed by atoms with Crippen molar-refractivity contribution in [2.24, 2.45) is 0 Å². The molecule has 1 saturated carbocycles. The normalized spacial score (nSPS) is 20.2. The highest BCUT2D eigenvalue weighted by Gasteiger charge is 2.48. The smallest absolute Gasteiger partial charge is 0.282 e. The van der Waals surface area contributed by atoms with Crippen LogP contribution in [0.3, 0.4) is 0 Å². The Kier molecular flexibility index (Phi) is 4.34. The predicted octanol–water partition coefficient (Wildman–Crippen LogP) is 4.25. The van der Waals surface area contributed by atoms with Gasteiger partial charge in [0.2, 0.25) is 0 Å². The molecule has 0 amide bonds. The number of hydrogen-bond acceptors (Lipinski definition) is 4. The molecule has 1 saturated heterocycles. The molecule has 6 heteroatoms. The van der Waals surface area contributed by atoms with Crippen molar-refractivity contribution in [2.45, 2.75) is 49.9 Å². The second kappa shape index (κ2) is 7.01. The van der Waals surface area contributed by atoms with Crippen LogP contribution in [0.2, 0.25) is 5.02 Å². The average molecular weight is 434 g/mol. The highest BCUT2D eigenvalue weighted by Crippen LogP contribution is 2.51. The van der Waals surface area contributed by atoms with E-state index in [-0.39, 0.29) is 11.0 Å². The summed E-state index contributed by atoms with van der Waals surface area (Å²) >= 11 is 6.41. The van der Waals surface area contributed by atoms with E-state index in [1.54, 1.807) is 6.07 Å². The number of fused-ring (bicyclic) bond motifs is 7. The van der Waals surface area contributed by atoms with Crippen LogP contribution < -0.4 is 10.9 Å². The van der Waals surface area contributed by atoms with Crippen LogP contribution in [-0.2, 0) is 10.2 Å². The summed E-state index contributed by atoms with van der Waals surface area (Å²) in [5.74, 6) is 1.61. The third-order valence-corrected chi connectivity index (χ3v) is 7.86. The Balaban J connectivity index is 1.63. The van der Waals surface area contributed by atoms with Crippen molar-refractivity contribution in [3.8, 4) is 5.69 Å². The van der Waals surface area contributed by atoms with Gasteiger partial charge in [-0.3, -0.25) is 14.2 Å². The van der Waals surface area contributed by atoms with Crippen molar-refractivity contribution < 1.29 is 4.79 Å². The van der Waals surface area contributed by atoms with Gasteiger partial charge in [-0.05, 0) is 74.0 Å². The maximum absolute atomic E-state index is 13.0. The fraction of sp³-hybridized carbons (Fsp3) is 0.400. The van der Waals surface area contributed by atoms with Crippen LogP contribution in [0, 0.1) is 0 Å². The molecule has 3 aromatic rings. The van der Waals surface area contributed by atoms with Crippen molar-refractivity contribution in [3.05, 3.63) is 68.7 Å². The number of carbonyl (C=O) groups is 1. The summed E-state index contributed by atoms with van der Waals surface area (Å²) < 4.78 is 2.12. The summed E-state index contributed by atoms with van der Waals surface area (Å²) in [7, 11) is 0. The fourth-order valence-electron chi connectivity index (χ4n) is 5.90. The second-order valence-electron chi connectivity index (χ2n) is 9.13. The number of nitrogens with zero attached hydrogens (tertiary/aromatic N) is 2. The number of piperidine rings is 1. The van der Waals surface area contributed by atoms with Crippen molar-refractivity contribution in [1.82, 2.24) is 14.9 Å². The number of ketones is 1. The van der Waals surface area contributed by atoms with E-state index in [1.807, 2.05) is 12.1 Å². The molecule has 3 heterocycles. The summed E-state index contributed by atoms with van der Waals surface area (Å²) in [5, 5.41) is 4.34. The summed E-state index contributed by atoms with van der Waals surface area (Å²) in [5.41, 5.74) is 3.77. The Bertz CT molecular complexity index is 1280. The number of halogens is 1. The largest absolute Gasteiger partial charge is 0.317 e. The van der Waals surface area contributed by atoms with Crippen LogP contribution in [0.5, 0.6) is 0 Å². The van der Waals surface area contributed by atoms with Gasteiger partial charge in [-0.2, -0.15) is 4.98 Å². The van der Waals surface area contributed by atoms with Crippen LogP contribution >= 0.6 is 11.6 Å². The minimum Gasteiger partial charge on any atom is -0.317 e. The van der Waals surface area contributed by atoms with Gasteiger partial charge in [0.25, 0.3) is 5.56 Å². The summed E-state index contributed by atoms with van der Waals surface area (Å²) in [6, 6.07) is 12.3. The molecule has 0 bridgehead atoms. The van der Waals surface area contributed by atoms with E-state index in [2.05, 4.69) is 33.1 Å². The van der Waals surface area contributed by atoms with E-state index in [0.717, 1.165) is 43.0 Å². The van der Waals surface area contributed by atoms with E-state index in [1.165, 1.54) is 11.1 Å². The van der Waals surface area contributed by atoms with Crippen molar-refractivity contribution in [3.63, 3.8) is 0 Å². The van der Waals surface area contributed by atoms with Gasteiger partial charge in [-0.25, -0.2) is 0 Å². The molecule has 1 aliphatic carbocycles. The lowest BCUT2D eigenvalue weighted by Crippen LogP contribution is -2.34. The van der Waals surface area contributed by atoms with Crippen LogP contribution in [0.25, 0.3) is 16.6 Å². The molecule has 2 aromatic carbocycles. The van der Waals surface area contributed by atoms with Gasteiger partial charge < -0.3 is 5.32 Å². The Hall–Kier alpha value is -2.50. The molecule has 2 fully saturated rings. The maximum atomic E-state index is 13.0. The standard InChI is InChI=1S/C25H24ClN3O2/c26-19-2-1-3-21-22(19)23(31)28-24-25(10-6-17(30)7-11-25)18-14-16(4-5-20(18)29(21)24)15-8-12-27-13-9-15/h1-5,14-15,27H,6-13H2. The number of aromatic nitrogens is 2. The first-order valence-electron chi connectivity index (χ1n) is 11.2. The molecule has 5 nitrogen and oxygen atoms in total. The van der Waals surface area contributed by atoms with Crippen LogP contribution in [-0.4, -0.2) is 28.4 Å². The molecule has 0 atom stereocenters. The minimum atomic E-state index is -0.387. The summed E-state index contributed by atoms with van der Waals surface area (Å²) in [6.45, 7) is 2.08. The Morgan fingerprint density at radius 1 is 1.06 bits per heavy atom. The van der Waals surface area contributed by atoms with E-state index < -0.39 is 0 Å². The van der Waals surface area contributed by atoms with Crippen molar-refractivity contribution in [1.29, 1.82) is 0 Å². The number of carbonyl (C=O) groups excluding carboxylic acids is 1. The number of Topliss-reactive ketones (excluding diaryl/α,β-unsaturated/α-hetero) is 1. The van der Waals surface area contributed by atoms with Crippen molar-refractivity contribution >= 4 is 28.3 Å². The highest BCUT2D eigenvalue weighted by molar-refractivity contribution is 6.35. The molecule has 0 unspecified atom stereocenters. The quantitative estimate of drug-likeness (QED) is 0.623. The fourth-order valence-corrected chi connectivity index (χ4v) is 6.15. The molecule has 6 rings (SSSR count). The zero-order valence-corrected chi connectivity index (χ0v) is 18.0. The third-order valence-electron chi connectivity index (χ3n) is 7.54. The number of benzene rings is 2. The van der Waals surface area contributed by atoms with Crippen LogP contribution in [0.1, 0.15) is 61.4 Å². The van der Waals surface area contributed by atoms with Gasteiger partial charge in [0.05, 0.1) is 27.0 Å². The lowest BCUT2D eigenvalue weighted by Gasteiger charge is -2.33. The third kappa shape index (κ3) is 2.76. The van der Waals surface area contributed by atoms with E-state index in [0.29, 0.717) is 47.8 Å². The lowest BCUT2D eigenvalue weighted by molar-refractivity contribution is -0.121. The molecule has 158 valence electrons. The predicted molar refractivity (Wildman–Crippen MR) is 121 cm³/mol. The van der Waals surface area contributed by atoms with Gasteiger partial charge >= 0.3 is 0 Å². The molecule has 1 aromatic heterocycles.